The predicted molar refractivity (Wildman–Crippen MR) is 49.1 cm³/mol. The molecule has 0 unspecified atom stereocenters. The van der Waals surface area contributed by atoms with Crippen LogP contribution in [0.3, 0.4) is 0 Å². The zero-order chi connectivity index (χ0) is 10.6. The van der Waals surface area contributed by atoms with Crippen molar-refractivity contribution in [3.05, 3.63) is 28.2 Å². The Labute approximate surface area is 80.3 Å². The molecule has 0 saturated heterocycles. The molecule has 0 amide bonds. The molecule has 0 aliphatic carbocycles. The third kappa shape index (κ3) is 2.35. The molecule has 14 heavy (non-hydrogen) atoms. The van der Waals surface area contributed by atoms with Crippen LogP contribution < -0.4 is 5.56 Å². The van der Waals surface area contributed by atoms with Crippen molar-refractivity contribution < 1.29 is 14.6 Å². The van der Waals surface area contributed by atoms with Crippen molar-refractivity contribution in [1.29, 1.82) is 0 Å². The van der Waals surface area contributed by atoms with Crippen molar-refractivity contribution in [1.82, 2.24) is 4.98 Å². The minimum Gasteiger partial charge on any atom is -0.503 e. The van der Waals surface area contributed by atoms with Gasteiger partial charge in [0, 0.05) is 11.8 Å². The van der Waals surface area contributed by atoms with Gasteiger partial charge in [0.1, 0.15) is 0 Å². The van der Waals surface area contributed by atoms with E-state index in [0.29, 0.717) is 0 Å². The van der Waals surface area contributed by atoms with Gasteiger partial charge < -0.3 is 14.8 Å². The van der Waals surface area contributed by atoms with Crippen LogP contribution in [0.4, 0.5) is 0 Å². The summed E-state index contributed by atoms with van der Waals surface area (Å²) >= 11 is 0. The lowest BCUT2D eigenvalue weighted by Crippen LogP contribution is -2.12. The molecule has 1 heterocycles. The molecule has 5 heteroatoms. The SMILES string of the molecule is CCOC(=O)Cc1cc[nH]c(=O)c1O. The third-order valence-electron chi connectivity index (χ3n) is 1.66. The van der Waals surface area contributed by atoms with Crippen LogP contribution in [0.15, 0.2) is 17.1 Å². The normalized spacial score (nSPS) is 9.79. The monoisotopic (exact) mass is 197 g/mol. The summed E-state index contributed by atoms with van der Waals surface area (Å²) in [7, 11) is 0. The highest BCUT2D eigenvalue weighted by atomic mass is 16.5. The fourth-order valence-corrected chi connectivity index (χ4v) is 1.02. The van der Waals surface area contributed by atoms with Gasteiger partial charge in [-0.25, -0.2) is 0 Å². The Balaban J connectivity index is 2.82. The number of pyridine rings is 1. The second-order valence-electron chi connectivity index (χ2n) is 2.66. The topological polar surface area (TPSA) is 79.4 Å². The number of H-pyrrole nitrogens is 1. The lowest BCUT2D eigenvalue weighted by atomic mass is 10.2. The van der Waals surface area contributed by atoms with Crippen LogP contribution in [0.5, 0.6) is 5.75 Å². The van der Waals surface area contributed by atoms with Crippen molar-refractivity contribution in [2.24, 2.45) is 0 Å². The van der Waals surface area contributed by atoms with E-state index in [4.69, 9.17) is 0 Å². The lowest BCUT2D eigenvalue weighted by molar-refractivity contribution is -0.142. The Morgan fingerprint density at radius 3 is 3.00 bits per heavy atom. The molecule has 0 aliphatic rings. The predicted octanol–water partition coefficient (Wildman–Crippen LogP) is 0.186. The summed E-state index contributed by atoms with van der Waals surface area (Å²) in [5, 5.41) is 9.26. The van der Waals surface area contributed by atoms with Crippen molar-refractivity contribution in [3.63, 3.8) is 0 Å². The fraction of sp³-hybridized carbons (Fsp3) is 0.333. The van der Waals surface area contributed by atoms with E-state index in [1.54, 1.807) is 6.92 Å². The standard InChI is InChI=1S/C9H11NO4/c1-2-14-7(11)5-6-3-4-10-9(13)8(6)12/h3-4,12H,2,5H2,1H3,(H,10,13). The highest BCUT2D eigenvalue weighted by Crippen LogP contribution is 2.10. The highest BCUT2D eigenvalue weighted by molar-refractivity contribution is 5.73. The Kier molecular flexibility index (Phi) is 3.28. The summed E-state index contributed by atoms with van der Waals surface area (Å²) < 4.78 is 4.68. The number of ether oxygens (including phenoxy) is 1. The largest absolute Gasteiger partial charge is 0.503 e. The van der Waals surface area contributed by atoms with E-state index in [0.717, 1.165) is 0 Å². The number of nitrogens with one attached hydrogen (secondary N) is 1. The van der Waals surface area contributed by atoms with Crippen LogP contribution in [0.1, 0.15) is 12.5 Å². The molecule has 0 aliphatic heterocycles. The minimum absolute atomic E-state index is 0.0937. The van der Waals surface area contributed by atoms with Crippen molar-refractivity contribution in [2.45, 2.75) is 13.3 Å². The zero-order valence-corrected chi connectivity index (χ0v) is 7.74. The summed E-state index contributed by atoms with van der Waals surface area (Å²) in [4.78, 5) is 24.2. The Morgan fingerprint density at radius 2 is 2.36 bits per heavy atom. The zero-order valence-electron chi connectivity index (χ0n) is 7.74. The number of aromatic nitrogens is 1. The summed E-state index contributed by atoms with van der Waals surface area (Å²) in [5.74, 6) is -0.894. The van der Waals surface area contributed by atoms with Gasteiger partial charge in [-0.3, -0.25) is 9.59 Å². The smallest absolute Gasteiger partial charge is 0.310 e. The van der Waals surface area contributed by atoms with Gasteiger partial charge in [-0.1, -0.05) is 0 Å². The van der Waals surface area contributed by atoms with E-state index in [1.165, 1.54) is 12.3 Å². The molecule has 0 saturated carbocycles. The first-order valence-electron chi connectivity index (χ1n) is 4.20. The molecule has 1 aromatic heterocycles. The molecule has 5 nitrogen and oxygen atoms in total. The first-order valence-corrected chi connectivity index (χ1v) is 4.20. The maximum Gasteiger partial charge on any atom is 0.310 e. The van der Waals surface area contributed by atoms with E-state index in [1.807, 2.05) is 0 Å². The van der Waals surface area contributed by atoms with Gasteiger partial charge in [0.15, 0.2) is 5.75 Å². The second kappa shape index (κ2) is 4.45. The van der Waals surface area contributed by atoms with E-state index < -0.39 is 17.3 Å². The van der Waals surface area contributed by atoms with Crippen LogP contribution in [-0.2, 0) is 16.0 Å². The van der Waals surface area contributed by atoms with Crippen LogP contribution in [0.25, 0.3) is 0 Å². The number of hydrogen-bond donors (Lipinski definition) is 2. The van der Waals surface area contributed by atoms with E-state index in [-0.39, 0.29) is 18.6 Å². The summed E-state index contributed by atoms with van der Waals surface area (Å²) in [6, 6.07) is 1.47. The number of aromatic hydroxyl groups is 1. The fourth-order valence-electron chi connectivity index (χ4n) is 1.02. The first-order chi connectivity index (χ1) is 6.65. The number of hydrogen-bond acceptors (Lipinski definition) is 4. The third-order valence-corrected chi connectivity index (χ3v) is 1.66. The molecule has 1 aromatic rings. The first kappa shape index (κ1) is 10.3. The van der Waals surface area contributed by atoms with Crippen LogP contribution in [0, 0.1) is 0 Å². The van der Waals surface area contributed by atoms with Crippen LogP contribution in [0.2, 0.25) is 0 Å². The molecule has 0 radical (unpaired) electrons. The Morgan fingerprint density at radius 1 is 1.64 bits per heavy atom. The van der Waals surface area contributed by atoms with Gasteiger partial charge in [0.2, 0.25) is 0 Å². The molecule has 2 N–H and O–H groups in total. The van der Waals surface area contributed by atoms with Crippen LogP contribution in [-0.4, -0.2) is 22.7 Å². The van der Waals surface area contributed by atoms with Gasteiger partial charge in [0.05, 0.1) is 13.0 Å². The van der Waals surface area contributed by atoms with Crippen molar-refractivity contribution in [3.8, 4) is 5.75 Å². The number of esters is 1. The summed E-state index contributed by atoms with van der Waals surface area (Å²) in [6.45, 7) is 1.97. The average molecular weight is 197 g/mol. The number of carbonyl (C=O) groups excluding carboxylic acids is 1. The number of aromatic amines is 1. The van der Waals surface area contributed by atoms with E-state index in [2.05, 4.69) is 9.72 Å². The van der Waals surface area contributed by atoms with Gasteiger partial charge in [-0.15, -0.1) is 0 Å². The molecule has 0 bridgehead atoms. The molecular weight excluding hydrogens is 186 g/mol. The van der Waals surface area contributed by atoms with Gasteiger partial charge in [-0.05, 0) is 13.0 Å². The average Bonchev–Trinajstić information content (AvgIpc) is 2.13. The number of rotatable bonds is 3. The maximum atomic E-state index is 11.0. The Hall–Kier alpha value is -1.78. The maximum absolute atomic E-state index is 11.0. The lowest BCUT2D eigenvalue weighted by Gasteiger charge is -2.02. The Bertz CT molecular complexity index is 383. The van der Waals surface area contributed by atoms with E-state index in [9.17, 15) is 14.7 Å². The summed E-state index contributed by atoms with van der Waals surface area (Å²) in [5.41, 5.74) is -0.334. The van der Waals surface area contributed by atoms with Gasteiger partial charge in [0.25, 0.3) is 5.56 Å². The number of carbonyl (C=O) groups is 1. The van der Waals surface area contributed by atoms with Crippen molar-refractivity contribution >= 4 is 5.97 Å². The minimum atomic E-state index is -0.605. The van der Waals surface area contributed by atoms with Gasteiger partial charge in [-0.2, -0.15) is 0 Å². The van der Waals surface area contributed by atoms with E-state index >= 15 is 0 Å². The molecule has 0 atom stereocenters. The quantitative estimate of drug-likeness (QED) is 0.678. The van der Waals surface area contributed by atoms with Gasteiger partial charge >= 0.3 is 5.97 Å². The molecule has 0 aromatic carbocycles. The molecular formula is C9H11NO4. The van der Waals surface area contributed by atoms with Crippen LogP contribution >= 0.6 is 0 Å². The van der Waals surface area contributed by atoms with Crippen molar-refractivity contribution in [2.75, 3.05) is 6.61 Å². The second-order valence-corrected chi connectivity index (χ2v) is 2.66. The highest BCUT2D eigenvalue weighted by Gasteiger charge is 2.09. The molecule has 76 valence electrons. The summed E-state index contributed by atoms with van der Waals surface area (Å²) in [6.07, 6.45) is 1.28. The molecule has 0 spiro atoms. The molecule has 1 rings (SSSR count). The molecule has 0 fully saturated rings.